The van der Waals surface area contributed by atoms with Crippen LogP contribution in [-0.4, -0.2) is 4.98 Å². The molecule has 1 unspecified atom stereocenters. The third-order valence-electron chi connectivity index (χ3n) is 2.62. The molecule has 1 aromatic carbocycles. The Morgan fingerprint density at radius 2 is 2.05 bits per heavy atom. The number of nitrogens with one attached hydrogen (secondary N) is 1. The SMILES string of the molecule is CC(Nc1cc(Br)cnc1Cl)c1ccc(Cl)c(F)c1. The molecule has 100 valence electrons. The fourth-order valence-electron chi connectivity index (χ4n) is 1.62. The van der Waals surface area contributed by atoms with Crippen LogP contribution in [0.4, 0.5) is 10.1 Å². The van der Waals surface area contributed by atoms with Crippen LogP contribution >= 0.6 is 39.1 Å². The lowest BCUT2D eigenvalue weighted by Gasteiger charge is -2.17. The Bertz CT molecular complexity index is 607. The molecule has 1 atom stereocenters. The van der Waals surface area contributed by atoms with Crippen molar-refractivity contribution in [1.29, 1.82) is 0 Å². The molecular weight excluding hydrogens is 354 g/mol. The molecule has 2 rings (SSSR count). The summed E-state index contributed by atoms with van der Waals surface area (Å²) in [6.07, 6.45) is 1.61. The number of pyridine rings is 1. The Hall–Kier alpha value is -0.840. The summed E-state index contributed by atoms with van der Waals surface area (Å²) in [7, 11) is 0. The zero-order chi connectivity index (χ0) is 14.0. The van der Waals surface area contributed by atoms with Crippen molar-refractivity contribution in [2.75, 3.05) is 5.32 Å². The highest BCUT2D eigenvalue weighted by Crippen LogP contribution is 2.28. The first-order valence-corrected chi connectivity index (χ1v) is 7.05. The maximum atomic E-state index is 13.4. The van der Waals surface area contributed by atoms with Gasteiger partial charge in [0.25, 0.3) is 0 Å². The first kappa shape index (κ1) is 14.6. The van der Waals surface area contributed by atoms with E-state index in [1.807, 2.05) is 13.0 Å². The third-order valence-corrected chi connectivity index (χ3v) is 3.66. The first-order chi connectivity index (χ1) is 8.97. The maximum absolute atomic E-state index is 13.4. The van der Waals surface area contributed by atoms with Crippen molar-refractivity contribution < 1.29 is 4.39 Å². The van der Waals surface area contributed by atoms with Gasteiger partial charge >= 0.3 is 0 Å². The minimum absolute atomic E-state index is 0.109. The number of hydrogen-bond acceptors (Lipinski definition) is 2. The second kappa shape index (κ2) is 6.07. The van der Waals surface area contributed by atoms with Gasteiger partial charge in [0.1, 0.15) is 5.82 Å². The van der Waals surface area contributed by atoms with Gasteiger partial charge in [-0.1, -0.05) is 29.3 Å². The van der Waals surface area contributed by atoms with Crippen LogP contribution in [0.25, 0.3) is 0 Å². The summed E-state index contributed by atoms with van der Waals surface area (Å²) in [5, 5.41) is 3.65. The fourth-order valence-corrected chi connectivity index (χ4v) is 2.23. The van der Waals surface area contributed by atoms with Crippen LogP contribution in [0.1, 0.15) is 18.5 Å². The number of rotatable bonds is 3. The van der Waals surface area contributed by atoms with Crippen LogP contribution in [0.15, 0.2) is 34.9 Å². The molecule has 1 heterocycles. The zero-order valence-electron chi connectivity index (χ0n) is 9.92. The van der Waals surface area contributed by atoms with Gasteiger partial charge in [-0.3, -0.25) is 0 Å². The van der Waals surface area contributed by atoms with E-state index in [0.717, 1.165) is 10.0 Å². The topological polar surface area (TPSA) is 24.9 Å². The Morgan fingerprint density at radius 1 is 1.32 bits per heavy atom. The molecule has 0 aliphatic rings. The van der Waals surface area contributed by atoms with Gasteiger partial charge in [0.2, 0.25) is 0 Å². The second-order valence-electron chi connectivity index (χ2n) is 4.03. The highest BCUT2D eigenvalue weighted by molar-refractivity contribution is 9.10. The predicted octanol–water partition coefficient (Wildman–Crippen LogP) is 5.46. The smallest absolute Gasteiger partial charge is 0.152 e. The summed E-state index contributed by atoms with van der Waals surface area (Å²) in [6.45, 7) is 1.90. The third kappa shape index (κ3) is 3.59. The molecule has 1 N–H and O–H groups in total. The van der Waals surface area contributed by atoms with E-state index in [2.05, 4.69) is 26.2 Å². The molecule has 0 radical (unpaired) electrons. The number of anilines is 1. The maximum Gasteiger partial charge on any atom is 0.152 e. The normalized spacial score (nSPS) is 12.3. The molecule has 0 spiro atoms. The molecule has 19 heavy (non-hydrogen) atoms. The van der Waals surface area contributed by atoms with E-state index in [9.17, 15) is 4.39 Å². The van der Waals surface area contributed by atoms with Gasteiger partial charge in [-0.05, 0) is 46.6 Å². The molecule has 2 nitrogen and oxygen atoms in total. The number of benzene rings is 1. The van der Waals surface area contributed by atoms with Crippen molar-refractivity contribution >= 4 is 44.8 Å². The average Bonchev–Trinajstić information content (AvgIpc) is 2.37. The van der Waals surface area contributed by atoms with Crippen LogP contribution in [0, 0.1) is 5.82 Å². The molecule has 0 bridgehead atoms. The van der Waals surface area contributed by atoms with E-state index in [-0.39, 0.29) is 11.1 Å². The lowest BCUT2D eigenvalue weighted by Crippen LogP contribution is -2.07. The summed E-state index contributed by atoms with van der Waals surface area (Å²) in [5.41, 5.74) is 1.46. The van der Waals surface area contributed by atoms with Gasteiger partial charge in [-0.15, -0.1) is 0 Å². The molecule has 0 fully saturated rings. The number of hydrogen-bond donors (Lipinski definition) is 1. The van der Waals surface area contributed by atoms with Gasteiger partial charge in [-0.2, -0.15) is 0 Å². The summed E-state index contributed by atoms with van der Waals surface area (Å²) < 4.78 is 14.2. The molecular formula is C13H10BrCl2FN2. The van der Waals surface area contributed by atoms with E-state index >= 15 is 0 Å². The minimum Gasteiger partial charge on any atom is -0.376 e. The zero-order valence-corrected chi connectivity index (χ0v) is 13.0. The van der Waals surface area contributed by atoms with Gasteiger partial charge in [-0.25, -0.2) is 9.37 Å². The Morgan fingerprint density at radius 3 is 2.74 bits per heavy atom. The van der Waals surface area contributed by atoms with Crippen molar-refractivity contribution in [3.05, 3.63) is 56.5 Å². The van der Waals surface area contributed by atoms with Crippen LogP contribution in [0.5, 0.6) is 0 Å². The van der Waals surface area contributed by atoms with Crippen molar-refractivity contribution in [2.45, 2.75) is 13.0 Å². The summed E-state index contributed by atoms with van der Waals surface area (Å²) in [6, 6.07) is 6.39. The van der Waals surface area contributed by atoms with Crippen molar-refractivity contribution in [2.24, 2.45) is 0 Å². The summed E-state index contributed by atoms with van der Waals surface area (Å²) in [5.74, 6) is -0.439. The number of nitrogens with zero attached hydrogens (tertiary/aromatic N) is 1. The Balaban J connectivity index is 2.22. The first-order valence-electron chi connectivity index (χ1n) is 5.50. The molecule has 0 aliphatic heterocycles. The summed E-state index contributed by atoms with van der Waals surface area (Å²) >= 11 is 15.0. The second-order valence-corrected chi connectivity index (χ2v) is 5.71. The van der Waals surface area contributed by atoms with Crippen LogP contribution < -0.4 is 5.32 Å². The van der Waals surface area contributed by atoms with Gasteiger partial charge in [0.15, 0.2) is 5.15 Å². The van der Waals surface area contributed by atoms with E-state index in [0.29, 0.717) is 10.8 Å². The van der Waals surface area contributed by atoms with E-state index < -0.39 is 5.82 Å². The van der Waals surface area contributed by atoms with Crippen molar-refractivity contribution in [3.63, 3.8) is 0 Å². The molecule has 0 amide bonds. The number of halogens is 4. The highest BCUT2D eigenvalue weighted by atomic mass is 79.9. The molecule has 1 aromatic heterocycles. The van der Waals surface area contributed by atoms with Crippen LogP contribution in [0.2, 0.25) is 10.2 Å². The number of aromatic nitrogens is 1. The van der Waals surface area contributed by atoms with Crippen molar-refractivity contribution in [1.82, 2.24) is 4.98 Å². The van der Waals surface area contributed by atoms with E-state index in [1.54, 1.807) is 12.3 Å². The molecule has 0 saturated carbocycles. The van der Waals surface area contributed by atoms with Crippen molar-refractivity contribution in [3.8, 4) is 0 Å². The lowest BCUT2D eigenvalue weighted by atomic mass is 10.1. The highest BCUT2D eigenvalue weighted by Gasteiger charge is 2.11. The Kier molecular flexibility index (Phi) is 4.66. The Labute approximate surface area is 129 Å². The molecule has 2 aromatic rings. The molecule has 6 heteroatoms. The predicted molar refractivity (Wildman–Crippen MR) is 80.4 cm³/mol. The van der Waals surface area contributed by atoms with Crippen LogP contribution in [0.3, 0.4) is 0 Å². The minimum atomic E-state index is -0.439. The van der Waals surface area contributed by atoms with Crippen LogP contribution in [-0.2, 0) is 0 Å². The van der Waals surface area contributed by atoms with Gasteiger partial charge in [0.05, 0.1) is 10.7 Å². The quantitative estimate of drug-likeness (QED) is 0.732. The van der Waals surface area contributed by atoms with Gasteiger partial charge < -0.3 is 5.32 Å². The largest absolute Gasteiger partial charge is 0.376 e. The standard InChI is InChI=1S/C13H10BrCl2FN2/c1-7(8-2-3-10(15)11(17)4-8)19-12-5-9(14)6-18-13(12)16/h2-7,19H,1H3. The molecule has 0 aliphatic carbocycles. The lowest BCUT2D eigenvalue weighted by molar-refractivity contribution is 0.624. The fraction of sp³-hybridized carbons (Fsp3) is 0.154. The van der Waals surface area contributed by atoms with Gasteiger partial charge in [0, 0.05) is 16.7 Å². The molecule has 0 saturated heterocycles. The van der Waals surface area contributed by atoms with E-state index in [1.165, 1.54) is 12.1 Å². The summed E-state index contributed by atoms with van der Waals surface area (Å²) in [4.78, 5) is 4.02. The van der Waals surface area contributed by atoms with E-state index in [4.69, 9.17) is 23.2 Å². The monoisotopic (exact) mass is 362 g/mol. The average molecular weight is 364 g/mol.